The van der Waals surface area contributed by atoms with E-state index in [-0.39, 0.29) is 29.4 Å². The summed E-state index contributed by atoms with van der Waals surface area (Å²) in [5.41, 5.74) is 2.75. The van der Waals surface area contributed by atoms with E-state index in [0.717, 1.165) is 16.3 Å². The number of methoxy groups -OCH3 is 1. The number of carbonyl (C=O) groups excluding carboxylic acids is 1. The third-order valence-electron chi connectivity index (χ3n) is 3.20. The molecule has 0 aliphatic rings. The average Bonchev–Trinajstić information content (AvgIpc) is 2.57. The van der Waals surface area contributed by atoms with Gasteiger partial charge in [-0.25, -0.2) is 5.43 Å². The van der Waals surface area contributed by atoms with Crippen LogP contribution in [0.25, 0.3) is 0 Å². The first kappa shape index (κ1) is 18.4. The smallest absolute Gasteiger partial charge is 0.323 e. The minimum Gasteiger partial charge on any atom is -0.504 e. The van der Waals surface area contributed by atoms with Crippen LogP contribution in [0, 0.1) is 10.1 Å². The lowest BCUT2D eigenvalue weighted by Crippen LogP contribution is -2.19. The van der Waals surface area contributed by atoms with Crippen molar-refractivity contribution >= 4 is 33.7 Å². The van der Waals surface area contributed by atoms with Crippen molar-refractivity contribution in [3.05, 3.63) is 62.1 Å². The highest BCUT2D eigenvalue weighted by Crippen LogP contribution is 2.37. The Hall–Kier alpha value is -2.94. The van der Waals surface area contributed by atoms with Gasteiger partial charge in [-0.15, -0.1) is 0 Å². The standard InChI is InChI=1S/C16H14BrN3O5/c1-25-16-13(21)7-4-11(15(16)20(23)24)9-18-19-14(22)8-10-2-5-12(17)6-3-10/h2-7,9,21H,8H2,1H3,(H,19,22)/b18-9+. The molecule has 2 aromatic carbocycles. The van der Waals surface area contributed by atoms with Crippen LogP contribution in [0.2, 0.25) is 0 Å². The van der Waals surface area contributed by atoms with Crippen LogP contribution in [-0.2, 0) is 11.2 Å². The number of carbonyl (C=O) groups is 1. The Bertz CT molecular complexity index is 821. The van der Waals surface area contributed by atoms with E-state index in [2.05, 4.69) is 26.5 Å². The van der Waals surface area contributed by atoms with Crippen LogP contribution in [0.1, 0.15) is 11.1 Å². The van der Waals surface area contributed by atoms with E-state index in [1.54, 1.807) is 12.1 Å². The Labute approximate surface area is 151 Å². The molecule has 1 amide bonds. The number of amides is 1. The lowest BCUT2D eigenvalue weighted by atomic mass is 10.1. The third-order valence-corrected chi connectivity index (χ3v) is 3.73. The molecule has 0 aliphatic heterocycles. The molecule has 2 aromatic rings. The van der Waals surface area contributed by atoms with Crippen LogP contribution in [0.5, 0.6) is 11.5 Å². The van der Waals surface area contributed by atoms with Gasteiger partial charge in [-0.05, 0) is 29.8 Å². The predicted molar refractivity (Wildman–Crippen MR) is 94.9 cm³/mol. The zero-order chi connectivity index (χ0) is 18.4. The van der Waals surface area contributed by atoms with Crippen LogP contribution in [0.3, 0.4) is 0 Å². The zero-order valence-corrected chi connectivity index (χ0v) is 14.7. The molecule has 0 bridgehead atoms. The van der Waals surface area contributed by atoms with E-state index in [1.807, 2.05) is 12.1 Å². The number of rotatable bonds is 6. The summed E-state index contributed by atoms with van der Waals surface area (Å²) in [6.45, 7) is 0. The van der Waals surface area contributed by atoms with Gasteiger partial charge < -0.3 is 9.84 Å². The Morgan fingerprint density at radius 3 is 2.64 bits per heavy atom. The van der Waals surface area contributed by atoms with Crippen molar-refractivity contribution in [2.45, 2.75) is 6.42 Å². The van der Waals surface area contributed by atoms with Gasteiger partial charge in [0.1, 0.15) is 0 Å². The summed E-state index contributed by atoms with van der Waals surface area (Å²) >= 11 is 3.31. The monoisotopic (exact) mass is 407 g/mol. The van der Waals surface area contributed by atoms with Crippen LogP contribution < -0.4 is 10.2 Å². The first-order valence-corrected chi connectivity index (χ1v) is 7.82. The fourth-order valence-electron chi connectivity index (χ4n) is 2.07. The number of phenolic OH excluding ortho intramolecular Hbond substituents is 1. The van der Waals surface area contributed by atoms with Crippen molar-refractivity contribution in [3.63, 3.8) is 0 Å². The van der Waals surface area contributed by atoms with E-state index in [9.17, 15) is 20.0 Å². The molecule has 0 fully saturated rings. The number of nitrogens with zero attached hydrogens (tertiary/aromatic N) is 2. The summed E-state index contributed by atoms with van der Waals surface area (Å²) in [6, 6.07) is 9.78. The number of phenols is 1. The number of hydrogen-bond acceptors (Lipinski definition) is 6. The van der Waals surface area contributed by atoms with Gasteiger partial charge in [0.15, 0.2) is 5.75 Å². The summed E-state index contributed by atoms with van der Waals surface area (Å²) < 4.78 is 5.76. The molecule has 0 spiro atoms. The summed E-state index contributed by atoms with van der Waals surface area (Å²) in [5, 5.41) is 24.5. The molecule has 8 nitrogen and oxygen atoms in total. The molecule has 25 heavy (non-hydrogen) atoms. The van der Waals surface area contributed by atoms with Crippen molar-refractivity contribution in [2.24, 2.45) is 5.10 Å². The normalized spacial score (nSPS) is 10.6. The molecular formula is C16H14BrN3O5. The van der Waals surface area contributed by atoms with E-state index >= 15 is 0 Å². The minimum absolute atomic E-state index is 0.0867. The SMILES string of the molecule is COc1c(O)ccc(/C=N/NC(=O)Cc2ccc(Br)cc2)c1[N+](=O)[O-]. The number of benzene rings is 2. The summed E-state index contributed by atoms with van der Waals surface area (Å²) in [5.74, 6) is -0.993. The van der Waals surface area contributed by atoms with E-state index < -0.39 is 10.6 Å². The molecule has 0 aliphatic carbocycles. The topological polar surface area (TPSA) is 114 Å². The zero-order valence-electron chi connectivity index (χ0n) is 13.1. The second kappa shape index (κ2) is 8.25. The van der Waals surface area contributed by atoms with Gasteiger partial charge in [0.25, 0.3) is 0 Å². The Morgan fingerprint density at radius 1 is 1.36 bits per heavy atom. The fourth-order valence-corrected chi connectivity index (χ4v) is 2.33. The molecule has 0 saturated heterocycles. The van der Waals surface area contributed by atoms with Gasteiger partial charge in [0, 0.05) is 4.47 Å². The van der Waals surface area contributed by atoms with E-state index in [1.165, 1.54) is 19.2 Å². The lowest BCUT2D eigenvalue weighted by Gasteiger charge is -2.06. The first-order chi connectivity index (χ1) is 11.9. The molecule has 0 radical (unpaired) electrons. The Balaban J connectivity index is 2.10. The lowest BCUT2D eigenvalue weighted by molar-refractivity contribution is -0.386. The molecule has 0 aromatic heterocycles. The number of nitro benzene ring substituents is 1. The van der Waals surface area contributed by atoms with E-state index in [0.29, 0.717) is 0 Å². The van der Waals surface area contributed by atoms with Crippen LogP contribution >= 0.6 is 15.9 Å². The molecule has 0 heterocycles. The maximum atomic E-state index is 11.8. The molecule has 2 N–H and O–H groups in total. The second-order valence-corrected chi connectivity index (χ2v) is 5.82. The minimum atomic E-state index is -0.691. The summed E-state index contributed by atoms with van der Waals surface area (Å²) in [4.78, 5) is 22.3. The molecule has 130 valence electrons. The van der Waals surface area contributed by atoms with Gasteiger partial charge in [-0.3, -0.25) is 14.9 Å². The Kier molecular flexibility index (Phi) is 6.07. The summed E-state index contributed by atoms with van der Waals surface area (Å²) in [6.07, 6.45) is 1.24. The molecule has 0 unspecified atom stereocenters. The number of halogens is 1. The number of hydrogen-bond donors (Lipinski definition) is 2. The molecule has 9 heteroatoms. The van der Waals surface area contributed by atoms with Crippen molar-refractivity contribution in [2.75, 3.05) is 7.11 Å². The Morgan fingerprint density at radius 2 is 2.04 bits per heavy atom. The van der Waals surface area contributed by atoms with Crippen LogP contribution in [0.4, 0.5) is 5.69 Å². The van der Waals surface area contributed by atoms with Crippen molar-refractivity contribution in [3.8, 4) is 11.5 Å². The molecular weight excluding hydrogens is 394 g/mol. The average molecular weight is 408 g/mol. The maximum Gasteiger partial charge on any atom is 0.323 e. The summed E-state index contributed by atoms with van der Waals surface area (Å²) in [7, 11) is 1.21. The maximum absolute atomic E-state index is 11.8. The molecule has 0 saturated carbocycles. The van der Waals surface area contributed by atoms with Crippen LogP contribution in [0.15, 0.2) is 46.0 Å². The number of nitrogens with one attached hydrogen (secondary N) is 1. The second-order valence-electron chi connectivity index (χ2n) is 4.91. The van der Waals surface area contributed by atoms with Gasteiger partial charge in [-0.2, -0.15) is 5.10 Å². The molecule has 0 atom stereocenters. The predicted octanol–water partition coefficient (Wildman–Crippen LogP) is 2.76. The number of ether oxygens (including phenoxy) is 1. The third kappa shape index (κ3) is 4.77. The van der Waals surface area contributed by atoms with E-state index in [4.69, 9.17) is 4.74 Å². The largest absolute Gasteiger partial charge is 0.504 e. The fraction of sp³-hybridized carbons (Fsp3) is 0.125. The number of aromatic hydroxyl groups is 1. The highest BCUT2D eigenvalue weighted by atomic mass is 79.9. The van der Waals surface area contributed by atoms with Gasteiger partial charge in [0.2, 0.25) is 11.7 Å². The van der Waals surface area contributed by atoms with Crippen molar-refractivity contribution in [1.29, 1.82) is 0 Å². The highest BCUT2D eigenvalue weighted by molar-refractivity contribution is 9.10. The van der Waals surface area contributed by atoms with Gasteiger partial charge in [0.05, 0.1) is 30.2 Å². The van der Waals surface area contributed by atoms with Crippen LogP contribution in [-0.4, -0.2) is 29.3 Å². The van der Waals surface area contributed by atoms with Crippen molar-refractivity contribution in [1.82, 2.24) is 5.43 Å². The van der Waals surface area contributed by atoms with Gasteiger partial charge >= 0.3 is 5.69 Å². The molecule has 2 rings (SSSR count). The quantitative estimate of drug-likeness (QED) is 0.434. The highest BCUT2D eigenvalue weighted by Gasteiger charge is 2.23. The first-order valence-electron chi connectivity index (χ1n) is 7.03. The van der Waals surface area contributed by atoms with Gasteiger partial charge in [-0.1, -0.05) is 28.1 Å². The van der Waals surface area contributed by atoms with Crippen molar-refractivity contribution < 1.29 is 19.6 Å². The number of hydrazone groups is 1. The number of nitro groups is 1.